The number of methoxy groups -OCH3 is 2. The van der Waals surface area contributed by atoms with E-state index in [1.165, 1.54) is 0 Å². The maximum atomic E-state index is 12.6. The normalized spacial score (nSPS) is 11.9. The van der Waals surface area contributed by atoms with Crippen molar-refractivity contribution < 1.29 is 14.3 Å². The zero-order valence-corrected chi connectivity index (χ0v) is 14.5. The van der Waals surface area contributed by atoms with E-state index >= 15 is 0 Å². The van der Waals surface area contributed by atoms with Crippen molar-refractivity contribution in [3.8, 4) is 11.5 Å². The van der Waals surface area contributed by atoms with Crippen LogP contribution in [-0.2, 0) is 11.2 Å². The molecule has 1 aromatic carbocycles. The molecule has 1 aromatic rings. The summed E-state index contributed by atoms with van der Waals surface area (Å²) in [7, 11) is 3.22. The molecule has 0 aliphatic carbocycles. The lowest BCUT2D eigenvalue weighted by Crippen LogP contribution is -2.40. The van der Waals surface area contributed by atoms with E-state index in [-0.39, 0.29) is 11.9 Å². The summed E-state index contributed by atoms with van der Waals surface area (Å²) in [5, 5.41) is 0. The van der Waals surface area contributed by atoms with Gasteiger partial charge >= 0.3 is 0 Å². The van der Waals surface area contributed by atoms with E-state index in [0.29, 0.717) is 17.9 Å². The second kappa shape index (κ2) is 9.34. The molecule has 0 radical (unpaired) electrons. The Hall–Kier alpha value is -1.71. The van der Waals surface area contributed by atoms with Crippen LogP contribution >= 0.6 is 0 Å². The Morgan fingerprint density at radius 3 is 2.41 bits per heavy atom. The number of benzene rings is 1. The zero-order valence-electron chi connectivity index (χ0n) is 14.5. The highest BCUT2D eigenvalue weighted by atomic mass is 16.5. The molecule has 1 amide bonds. The Morgan fingerprint density at radius 2 is 1.86 bits per heavy atom. The minimum Gasteiger partial charge on any atom is -0.493 e. The molecule has 1 atom stereocenters. The van der Waals surface area contributed by atoms with Gasteiger partial charge in [0.25, 0.3) is 0 Å². The molecule has 0 N–H and O–H groups in total. The minimum atomic E-state index is 0.176. The number of unbranched alkanes of at least 4 members (excludes halogenated alkanes) is 1. The molecule has 1 rings (SSSR count). The largest absolute Gasteiger partial charge is 0.493 e. The highest BCUT2D eigenvalue weighted by Gasteiger charge is 2.19. The van der Waals surface area contributed by atoms with Crippen LogP contribution < -0.4 is 9.47 Å². The van der Waals surface area contributed by atoms with Gasteiger partial charge in [0.1, 0.15) is 0 Å². The van der Waals surface area contributed by atoms with Gasteiger partial charge in [-0.25, -0.2) is 0 Å². The number of rotatable bonds is 9. The van der Waals surface area contributed by atoms with Crippen LogP contribution in [0.5, 0.6) is 11.5 Å². The Balaban J connectivity index is 2.84. The fraction of sp³-hybridized carbons (Fsp3) is 0.611. The third-order valence-electron chi connectivity index (χ3n) is 4.00. The number of carbonyl (C=O) groups excluding carboxylic acids is 1. The van der Waals surface area contributed by atoms with E-state index in [4.69, 9.17) is 9.47 Å². The smallest absolute Gasteiger partial charge is 0.227 e. The number of carbonyl (C=O) groups is 1. The first-order valence-corrected chi connectivity index (χ1v) is 8.07. The first-order valence-electron chi connectivity index (χ1n) is 8.07. The van der Waals surface area contributed by atoms with Gasteiger partial charge in [0.15, 0.2) is 11.5 Å². The summed E-state index contributed by atoms with van der Waals surface area (Å²) in [6.07, 6.45) is 3.51. The van der Waals surface area contributed by atoms with Gasteiger partial charge in [0.05, 0.1) is 20.6 Å². The van der Waals surface area contributed by atoms with Gasteiger partial charge in [-0.15, -0.1) is 0 Å². The van der Waals surface area contributed by atoms with E-state index in [2.05, 4.69) is 20.8 Å². The van der Waals surface area contributed by atoms with Crippen molar-refractivity contribution in [3.63, 3.8) is 0 Å². The molecule has 0 bridgehead atoms. The van der Waals surface area contributed by atoms with E-state index in [9.17, 15) is 4.79 Å². The average Bonchev–Trinajstić information content (AvgIpc) is 2.54. The van der Waals surface area contributed by atoms with Crippen molar-refractivity contribution in [1.82, 2.24) is 4.90 Å². The maximum absolute atomic E-state index is 12.6. The van der Waals surface area contributed by atoms with Gasteiger partial charge < -0.3 is 14.4 Å². The summed E-state index contributed by atoms with van der Waals surface area (Å²) >= 11 is 0. The molecule has 124 valence electrons. The monoisotopic (exact) mass is 307 g/mol. The van der Waals surface area contributed by atoms with E-state index in [1.54, 1.807) is 14.2 Å². The van der Waals surface area contributed by atoms with Gasteiger partial charge in [-0.2, -0.15) is 0 Å². The van der Waals surface area contributed by atoms with Crippen LogP contribution in [-0.4, -0.2) is 37.6 Å². The molecular formula is C18H29NO3. The number of ether oxygens (including phenoxy) is 2. The Kier molecular flexibility index (Phi) is 7.78. The summed E-state index contributed by atoms with van der Waals surface area (Å²) in [5.41, 5.74) is 0.951. The average molecular weight is 307 g/mol. The molecule has 22 heavy (non-hydrogen) atoms. The molecule has 4 nitrogen and oxygen atoms in total. The lowest BCUT2D eigenvalue weighted by Gasteiger charge is -2.29. The summed E-state index contributed by atoms with van der Waals surface area (Å²) in [6.45, 7) is 7.21. The van der Waals surface area contributed by atoms with Crippen LogP contribution in [0.1, 0.15) is 45.6 Å². The predicted molar refractivity (Wildman–Crippen MR) is 89.6 cm³/mol. The topological polar surface area (TPSA) is 38.8 Å². The molecule has 0 saturated carbocycles. The molecule has 0 aliphatic heterocycles. The minimum absolute atomic E-state index is 0.176. The van der Waals surface area contributed by atoms with Crippen LogP contribution in [0.3, 0.4) is 0 Å². The molecule has 0 aromatic heterocycles. The van der Waals surface area contributed by atoms with Crippen molar-refractivity contribution in [2.45, 2.75) is 52.5 Å². The molecule has 0 spiro atoms. The maximum Gasteiger partial charge on any atom is 0.227 e. The number of amides is 1. The summed E-state index contributed by atoms with van der Waals surface area (Å²) in [5.74, 6) is 1.52. The van der Waals surface area contributed by atoms with Gasteiger partial charge in [-0.05, 0) is 37.5 Å². The van der Waals surface area contributed by atoms with E-state index in [0.717, 1.165) is 31.4 Å². The van der Waals surface area contributed by atoms with E-state index in [1.807, 2.05) is 23.1 Å². The van der Waals surface area contributed by atoms with E-state index < -0.39 is 0 Å². The van der Waals surface area contributed by atoms with Gasteiger partial charge in [-0.1, -0.05) is 26.3 Å². The number of hydrogen-bond acceptors (Lipinski definition) is 3. The van der Waals surface area contributed by atoms with Crippen molar-refractivity contribution in [2.75, 3.05) is 20.8 Å². The predicted octanol–water partition coefficient (Wildman–Crippen LogP) is 3.67. The van der Waals surface area contributed by atoms with Crippen molar-refractivity contribution in [3.05, 3.63) is 23.8 Å². The fourth-order valence-electron chi connectivity index (χ4n) is 2.41. The Morgan fingerprint density at radius 1 is 1.18 bits per heavy atom. The first kappa shape index (κ1) is 18.3. The lowest BCUT2D eigenvalue weighted by atomic mass is 10.1. The molecule has 1 unspecified atom stereocenters. The molecule has 0 fully saturated rings. The third kappa shape index (κ3) is 4.93. The van der Waals surface area contributed by atoms with Crippen LogP contribution in [0, 0.1) is 0 Å². The summed E-state index contributed by atoms with van der Waals surface area (Å²) in [4.78, 5) is 14.6. The van der Waals surface area contributed by atoms with Gasteiger partial charge in [0.2, 0.25) is 5.91 Å². The van der Waals surface area contributed by atoms with Crippen LogP contribution in [0.4, 0.5) is 0 Å². The zero-order chi connectivity index (χ0) is 16.5. The number of nitrogens with zero attached hydrogens (tertiary/aromatic N) is 1. The third-order valence-corrected chi connectivity index (χ3v) is 4.00. The summed E-state index contributed by atoms with van der Waals surface area (Å²) < 4.78 is 10.5. The molecular weight excluding hydrogens is 278 g/mol. The highest BCUT2D eigenvalue weighted by molar-refractivity contribution is 5.79. The van der Waals surface area contributed by atoms with Crippen LogP contribution in [0.25, 0.3) is 0 Å². The van der Waals surface area contributed by atoms with Gasteiger partial charge in [0, 0.05) is 12.6 Å². The Bertz CT molecular complexity index is 473. The second-order valence-corrected chi connectivity index (χ2v) is 5.56. The second-order valence-electron chi connectivity index (χ2n) is 5.56. The van der Waals surface area contributed by atoms with Crippen LogP contribution in [0.15, 0.2) is 18.2 Å². The lowest BCUT2D eigenvalue weighted by molar-refractivity contribution is -0.132. The van der Waals surface area contributed by atoms with Crippen molar-refractivity contribution >= 4 is 5.91 Å². The first-order chi connectivity index (χ1) is 10.6. The standard InChI is InChI=1S/C18H29NO3/c1-6-8-11-19(14(3)7-2)18(20)13-15-9-10-16(21-4)17(12-15)22-5/h9-10,12,14H,6-8,11,13H2,1-5H3. The SMILES string of the molecule is CCCCN(C(=O)Cc1ccc(OC)c(OC)c1)C(C)CC. The Labute approximate surface area is 134 Å². The van der Waals surface area contributed by atoms with Crippen molar-refractivity contribution in [2.24, 2.45) is 0 Å². The fourth-order valence-corrected chi connectivity index (χ4v) is 2.41. The van der Waals surface area contributed by atoms with Gasteiger partial charge in [-0.3, -0.25) is 4.79 Å². The molecule has 0 aliphatic rings. The molecule has 0 heterocycles. The summed E-state index contributed by atoms with van der Waals surface area (Å²) in [6, 6.07) is 5.93. The quantitative estimate of drug-likeness (QED) is 0.698. The molecule has 4 heteroatoms. The highest BCUT2D eigenvalue weighted by Crippen LogP contribution is 2.28. The number of hydrogen-bond donors (Lipinski definition) is 0. The van der Waals surface area contributed by atoms with Crippen LogP contribution in [0.2, 0.25) is 0 Å². The molecule has 0 saturated heterocycles. The van der Waals surface area contributed by atoms with Crippen molar-refractivity contribution in [1.29, 1.82) is 0 Å².